The lowest BCUT2D eigenvalue weighted by Gasteiger charge is -2.17. The van der Waals surface area contributed by atoms with Crippen molar-refractivity contribution >= 4 is 11.3 Å². The molecule has 0 fully saturated rings. The zero-order chi connectivity index (χ0) is 15.1. The summed E-state index contributed by atoms with van der Waals surface area (Å²) >= 11 is 1.64. The van der Waals surface area contributed by atoms with Gasteiger partial charge in [0, 0.05) is 43.6 Å². The van der Waals surface area contributed by atoms with Crippen LogP contribution in [-0.4, -0.2) is 31.8 Å². The third-order valence-corrected chi connectivity index (χ3v) is 4.30. The molecule has 114 valence electrons. The standard InChI is InChI=1S/C16H21FN2OS/c1-12-11-21-16(19-12)9-13(10-18-7-8-20-2)14-5-3-4-6-15(14)17/h3-6,11,13,18H,7-10H2,1-2H3. The van der Waals surface area contributed by atoms with Crippen LogP contribution in [0.5, 0.6) is 0 Å². The Morgan fingerprint density at radius 2 is 2.19 bits per heavy atom. The van der Waals surface area contributed by atoms with Crippen molar-refractivity contribution in [3.8, 4) is 0 Å². The smallest absolute Gasteiger partial charge is 0.126 e. The van der Waals surface area contributed by atoms with E-state index in [1.165, 1.54) is 6.07 Å². The number of rotatable bonds is 8. The van der Waals surface area contributed by atoms with Gasteiger partial charge in [-0.25, -0.2) is 9.37 Å². The molecule has 0 radical (unpaired) electrons. The lowest BCUT2D eigenvalue weighted by atomic mass is 9.95. The highest BCUT2D eigenvalue weighted by atomic mass is 32.1. The molecule has 0 spiro atoms. The summed E-state index contributed by atoms with van der Waals surface area (Å²) in [5, 5.41) is 6.41. The van der Waals surface area contributed by atoms with Crippen LogP contribution in [0.3, 0.4) is 0 Å². The molecule has 2 rings (SSSR count). The molecule has 0 amide bonds. The number of nitrogens with zero attached hydrogens (tertiary/aromatic N) is 1. The maximum Gasteiger partial charge on any atom is 0.126 e. The normalized spacial score (nSPS) is 12.5. The molecule has 1 aromatic heterocycles. The average molecular weight is 308 g/mol. The number of aromatic nitrogens is 1. The number of hydrogen-bond donors (Lipinski definition) is 1. The highest BCUT2D eigenvalue weighted by Crippen LogP contribution is 2.24. The van der Waals surface area contributed by atoms with Crippen LogP contribution < -0.4 is 5.32 Å². The maximum atomic E-state index is 14.1. The second-order valence-electron chi connectivity index (χ2n) is 5.00. The summed E-state index contributed by atoms with van der Waals surface area (Å²) in [7, 11) is 1.67. The van der Waals surface area contributed by atoms with Crippen molar-refractivity contribution < 1.29 is 9.13 Å². The fourth-order valence-electron chi connectivity index (χ4n) is 2.26. The van der Waals surface area contributed by atoms with E-state index < -0.39 is 0 Å². The summed E-state index contributed by atoms with van der Waals surface area (Å²) in [6, 6.07) is 6.98. The maximum absolute atomic E-state index is 14.1. The Labute approximate surface area is 129 Å². The molecular formula is C16H21FN2OS. The second kappa shape index (κ2) is 8.22. The molecule has 5 heteroatoms. The second-order valence-corrected chi connectivity index (χ2v) is 5.94. The van der Waals surface area contributed by atoms with Crippen molar-refractivity contribution in [2.45, 2.75) is 19.3 Å². The Morgan fingerprint density at radius 1 is 1.38 bits per heavy atom. The van der Waals surface area contributed by atoms with E-state index >= 15 is 0 Å². The fourth-order valence-corrected chi connectivity index (χ4v) is 3.11. The van der Waals surface area contributed by atoms with Gasteiger partial charge in [0.2, 0.25) is 0 Å². The SMILES string of the molecule is COCCNCC(Cc1nc(C)cs1)c1ccccc1F. The van der Waals surface area contributed by atoms with Gasteiger partial charge in [-0.05, 0) is 18.6 Å². The molecule has 1 heterocycles. The number of nitrogens with one attached hydrogen (secondary N) is 1. The molecule has 0 aliphatic carbocycles. The highest BCUT2D eigenvalue weighted by Gasteiger charge is 2.17. The van der Waals surface area contributed by atoms with Gasteiger partial charge in [-0.1, -0.05) is 18.2 Å². The first-order chi connectivity index (χ1) is 10.2. The van der Waals surface area contributed by atoms with E-state index in [4.69, 9.17) is 4.74 Å². The molecule has 1 atom stereocenters. The van der Waals surface area contributed by atoms with Gasteiger partial charge in [0.05, 0.1) is 11.6 Å². The van der Waals surface area contributed by atoms with E-state index in [-0.39, 0.29) is 11.7 Å². The van der Waals surface area contributed by atoms with Crippen molar-refractivity contribution in [3.05, 3.63) is 51.7 Å². The number of ether oxygens (including phenoxy) is 1. The molecule has 0 aliphatic heterocycles. The van der Waals surface area contributed by atoms with E-state index in [0.717, 1.165) is 29.2 Å². The van der Waals surface area contributed by atoms with Gasteiger partial charge in [-0.15, -0.1) is 11.3 Å². The molecule has 3 nitrogen and oxygen atoms in total. The van der Waals surface area contributed by atoms with Crippen LogP contribution in [0.25, 0.3) is 0 Å². The molecule has 2 aromatic rings. The third-order valence-electron chi connectivity index (χ3n) is 3.31. The Bertz CT molecular complexity index is 559. The van der Waals surface area contributed by atoms with Crippen molar-refractivity contribution in [2.24, 2.45) is 0 Å². The molecule has 1 aromatic carbocycles. The van der Waals surface area contributed by atoms with E-state index in [0.29, 0.717) is 13.2 Å². The average Bonchev–Trinajstić information content (AvgIpc) is 2.88. The third kappa shape index (κ3) is 4.88. The van der Waals surface area contributed by atoms with Gasteiger partial charge < -0.3 is 10.1 Å². The molecule has 0 bridgehead atoms. The highest BCUT2D eigenvalue weighted by molar-refractivity contribution is 7.09. The van der Waals surface area contributed by atoms with Crippen LogP contribution in [0.2, 0.25) is 0 Å². The topological polar surface area (TPSA) is 34.1 Å². The summed E-state index contributed by atoms with van der Waals surface area (Å²) in [6.45, 7) is 4.11. The quantitative estimate of drug-likeness (QED) is 0.761. The Hall–Kier alpha value is -1.30. The molecule has 0 saturated heterocycles. The summed E-state index contributed by atoms with van der Waals surface area (Å²) in [4.78, 5) is 4.49. The Morgan fingerprint density at radius 3 is 2.86 bits per heavy atom. The summed E-state index contributed by atoms with van der Waals surface area (Å²) in [5.41, 5.74) is 1.77. The van der Waals surface area contributed by atoms with Crippen LogP contribution in [0.15, 0.2) is 29.6 Å². The summed E-state index contributed by atoms with van der Waals surface area (Å²) < 4.78 is 19.1. The van der Waals surface area contributed by atoms with E-state index in [2.05, 4.69) is 10.3 Å². The van der Waals surface area contributed by atoms with E-state index in [9.17, 15) is 4.39 Å². The molecular weight excluding hydrogens is 287 g/mol. The van der Waals surface area contributed by atoms with Crippen LogP contribution in [0.4, 0.5) is 4.39 Å². The zero-order valence-electron chi connectivity index (χ0n) is 12.4. The van der Waals surface area contributed by atoms with Crippen molar-refractivity contribution in [2.75, 3.05) is 26.8 Å². The first kappa shape index (κ1) is 16.1. The van der Waals surface area contributed by atoms with Gasteiger partial charge in [0.1, 0.15) is 5.82 Å². The summed E-state index contributed by atoms with van der Waals surface area (Å²) in [5.74, 6) is -0.0714. The van der Waals surface area contributed by atoms with Gasteiger partial charge >= 0.3 is 0 Å². The Kier molecular flexibility index (Phi) is 6.29. The van der Waals surface area contributed by atoms with E-state index in [1.54, 1.807) is 24.5 Å². The van der Waals surface area contributed by atoms with Gasteiger partial charge in [-0.3, -0.25) is 0 Å². The fraction of sp³-hybridized carbons (Fsp3) is 0.438. The van der Waals surface area contributed by atoms with Gasteiger partial charge in [0.15, 0.2) is 0 Å². The van der Waals surface area contributed by atoms with Gasteiger partial charge in [0.25, 0.3) is 0 Å². The first-order valence-electron chi connectivity index (χ1n) is 7.05. The molecule has 0 aliphatic rings. The van der Waals surface area contributed by atoms with E-state index in [1.807, 2.05) is 24.4 Å². The van der Waals surface area contributed by atoms with Crippen molar-refractivity contribution in [1.29, 1.82) is 0 Å². The zero-order valence-corrected chi connectivity index (χ0v) is 13.3. The molecule has 1 N–H and O–H groups in total. The minimum atomic E-state index is -0.149. The molecule has 0 saturated carbocycles. The first-order valence-corrected chi connectivity index (χ1v) is 7.93. The predicted octanol–water partition coefficient (Wildman–Crippen LogP) is 3.15. The van der Waals surface area contributed by atoms with Gasteiger partial charge in [-0.2, -0.15) is 0 Å². The Balaban J connectivity index is 2.08. The van der Waals surface area contributed by atoms with Crippen molar-refractivity contribution in [1.82, 2.24) is 10.3 Å². The number of methoxy groups -OCH3 is 1. The van der Waals surface area contributed by atoms with Crippen molar-refractivity contribution in [3.63, 3.8) is 0 Å². The lowest BCUT2D eigenvalue weighted by Crippen LogP contribution is -2.26. The number of hydrogen-bond acceptors (Lipinski definition) is 4. The largest absolute Gasteiger partial charge is 0.383 e. The number of halogens is 1. The minimum Gasteiger partial charge on any atom is -0.383 e. The number of benzene rings is 1. The molecule has 21 heavy (non-hydrogen) atoms. The van der Waals surface area contributed by atoms with Crippen LogP contribution >= 0.6 is 11.3 Å². The van der Waals surface area contributed by atoms with Crippen LogP contribution in [0, 0.1) is 12.7 Å². The van der Waals surface area contributed by atoms with Crippen LogP contribution in [0.1, 0.15) is 22.2 Å². The van der Waals surface area contributed by atoms with Crippen LogP contribution in [-0.2, 0) is 11.2 Å². The minimum absolute atomic E-state index is 0.0774. The summed E-state index contributed by atoms with van der Waals surface area (Å²) in [6.07, 6.45) is 0.749. The lowest BCUT2D eigenvalue weighted by molar-refractivity contribution is 0.199. The predicted molar refractivity (Wildman–Crippen MR) is 84.4 cm³/mol. The number of thiazole rings is 1. The molecule has 1 unspecified atom stereocenters. The number of aryl methyl sites for hydroxylation is 1. The monoisotopic (exact) mass is 308 g/mol.